The Bertz CT molecular complexity index is 340. The Hall–Kier alpha value is -0.980. The number of nitro groups is 1. The summed E-state index contributed by atoms with van der Waals surface area (Å²) in [5.41, 5.74) is 0. The van der Waals surface area contributed by atoms with Gasteiger partial charge in [-0.15, -0.1) is 11.3 Å². The third-order valence-electron chi connectivity index (χ3n) is 2.56. The zero-order valence-corrected chi connectivity index (χ0v) is 8.72. The van der Waals surface area contributed by atoms with E-state index >= 15 is 0 Å². The molecule has 1 aliphatic rings. The van der Waals surface area contributed by atoms with Crippen molar-refractivity contribution in [2.24, 2.45) is 0 Å². The Kier molecular flexibility index (Phi) is 2.99. The largest absolute Gasteiger partial charge is 0.368 e. The quantitative estimate of drug-likeness (QED) is 0.611. The molecule has 2 heterocycles. The smallest absolute Gasteiger partial charge is 0.243 e. The molecule has 1 aliphatic heterocycles. The maximum Gasteiger partial charge on any atom is 0.243 e. The minimum Gasteiger partial charge on any atom is -0.368 e. The van der Waals surface area contributed by atoms with E-state index in [1.807, 2.05) is 17.5 Å². The van der Waals surface area contributed by atoms with Crippen LogP contribution in [0.15, 0.2) is 17.5 Å². The highest BCUT2D eigenvalue weighted by Gasteiger charge is 2.39. The molecular weight excluding hydrogens is 218 g/mol. The molecule has 0 bridgehead atoms. The second-order valence-electron chi connectivity index (χ2n) is 3.50. The summed E-state index contributed by atoms with van der Waals surface area (Å²) in [6.45, 7) is -0.0171. The number of hydrogen-bond acceptors (Lipinski definition) is 5. The van der Waals surface area contributed by atoms with Gasteiger partial charge in [0.25, 0.3) is 0 Å². The third kappa shape index (κ3) is 2.17. The lowest BCUT2D eigenvalue weighted by Crippen LogP contribution is -2.40. The first-order valence-corrected chi connectivity index (χ1v) is 5.53. The van der Waals surface area contributed by atoms with Crippen LogP contribution in [0.4, 0.5) is 0 Å². The molecule has 1 unspecified atom stereocenters. The van der Waals surface area contributed by atoms with Gasteiger partial charge in [-0.3, -0.25) is 10.1 Å². The van der Waals surface area contributed by atoms with Gasteiger partial charge >= 0.3 is 0 Å². The second-order valence-corrected chi connectivity index (χ2v) is 4.48. The average molecular weight is 229 g/mol. The van der Waals surface area contributed by atoms with Crippen molar-refractivity contribution in [2.45, 2.75) is 24.7 Å². The van der Waals surface area contributed by atoms with Gasteiger partial charge in [0.15, 0.2) is 6.29 Å². The van der Waals surface area contributed by atoms with Gasteiger partial charge in [-0.25, -0.2) is 0 Å². The summed E-state index contributed by atoms with van der Waals surface area (Å²) >= 11 is 1.48. The minimum atomic E-state index is -0.881. The second kappa shape index (κ2) is 4.26. The number of aliphatic hydroxyl groups is 1. The van der Waals surface area contributed by atoms with Crippen LogP contribution in [0.25, 0.3) is 0 Å². The predicted molar refractivity (Wildman–Crippen MR) is 54.4 cm³/mol. The van der Waals surface area contributed by atoms with Crippen LogP contribution >= 0.6 is 11.3 Å². The molecule has 0 amide bonds. The number of thiophene rings is 1. The van der Waals surface area contributed by atoms with E-state index in [0.717, 1.165) is 4.88 Å². The lowest BCUT2D eigenvalue weighted by molar-refractivity contribution is -0.538. The molecule has 15 heavy (non-hydrogen) atoms. The van der Waals surface area contributed by atoms with E-state index in [2.05, 4.69) is 0 Å². The van der Waals surface area contributed by atoms with E-state index in [1.165, 1.54) is 11.3 Å². The van der Waals surface area contributed by atoms with E-state index in [0.29, 0.717) is 6.42 Å². The summed E-state index contributed by atoms with van der Waals surface area (Å²) in [5.74, 6) is -0.233. The standard InChI is InChI=1S/C9H11NO4S/c11-9-4-6(8-2-1-3-15-8)7(5-14-9)10(12)13/h1-3,6-7,9,11H,4-5H2/t6-,7-,9?/m0/s1. The highest BCUT2D eigenvalue weighted by Crippen LogP contribution is 2.33. The van der Waals surface area contributed by atoms with Crippen molar-refractivity contribution < 1.29 is 14.8 Å². The summed E-state index contributed by atoms with van der Waals surface area (Å²) in [6, 6.07) is 2.98. The Labute approximate surface area is 90.5 Å². The molecule has 1 saturated heterocycles. The van der Waals surface area contributed by atoms with Gasteiger partial charge in [-0.05, 0) is 11.4 Å². The van der Waals surface area contributed by atoms with E-state index in [4.69, 9.17) is 4.74 Å². The molecule has 1 fully saturated rings. The number of aliphatic hydroxyl groups excluding tert-OH is 1. The molecule has 0 saturated carbocycles. The normalized spacial score (nSPS) is 31.4. The molecule has 0 radical (unpaired) electrons. The molecule has 1 aromatic heterocycles. The first-order chi connectivity index (χ1) is 7.18. The molecule has 6 heteroatoms. The Balaban J connectivity index is 2.20. The van der Waals surface area contributed by atoms with Gasteiger partial charge < -0.3 is 9.84 Å². The lowest BCUT2D eigenvalue weighted by atomic mass is 9.93. The van der Waals surface area contributed by atoms with Crippen molar-refractivity contribution in [3.63, 3.8) is 0 Å². The Morgan fingerprint density at radius 1 is 1.67 bits per heavy atom. The van der Waals surface area contributed by atoms with E-state index < -0.39 is 12.3 Å². The van der Waals surface area contributed by atoms with Crippen LogP contribution in [-0.2, 0) is 4.74 Å². The van der Waals surface area contributed by atoms with Crippen LogP contribution in [-0.4, -0.2) is 29.0 Å². The van der Waals surface area contributed by atoms with Gasteiger partial charge in [-0.2, -0.15) is 0 Å². The Morgan fingerprint density at radius 2 is 2.47 bits per heavy atom. The van der Waals surface area contributed by atoms with Crippen molar-refractivity contribution >= 4 is 11.3 Å². The summed E-state index contributed by atoms with van der Waals surface area (Å²) in [6.07, 6.45) is -0.583. The molecule has 1 N–H and O–H groups in total. The lowest BCUT2D eigenvalue weighted by Gasteiger charge is -2.28. The van der Waals surface area contributed by atoms with Gasteiger partial charge in [0.05, 0.1) is 5.92 Å². The molecule has 0 aromatic carbocycles. The summed E-state index contributed by atoms with van der Waals surface area (Å²) in [7, 11) is 0. The maximum atomic E-state index is 10.8. The van der Waals surface area contributed by atoms with Crippen molar-refractivity contribution in [1.29, 1.82) is 0 Å². The van der Waals surface area contributed by atoms with Crippen molar-refractivity contribution in [3.05, 3.63) is 32.5 Å². The molecule has 2 rings (SSSR count). The SMILES string of the molecule is O=[N+]([O-])[C@H]1COC(O)C[C@@H]1c1cccs1. The summed E-state index contributed by atoms with van der Waals surface area (Å²) < 4.78 is 4.90. The summed E-state index contributed by atoms with van der Waals surface area (Å²) in [4.78, 5) is 11.4. The van der Waals surface area contributed by atoms with Gasteiger partial charge in [0.1, 0.15) is 6.61 Å². The topological polar surface area (TPSA) is 72.6 Å². The molecule has 1 aromatic rings. The van der Waals surface area contributed by atoms with Crippen LogP contribution in [0.1, 0.15) is 17.2 Å². The molecule has 0 spiro atoms. The highest BCUT2D eigenvalue weighted by atomic mass is 32.1. The molecular formula is C9H11NO4S. The number of nitrogens with zero attached hydrogens (tertiary/aromatic N) is 1. The van der Waals surface area contributed by atoms with Crippen molar-refractivity contribution in [3.8, 4) is 0 Å². The van der Waals surface area contributed by atoms with Crippen LogP contribution in [0.3, 0.4) is 0 Å². The van der Waals surface area contributed by atoms with Crippen molar-refractivity contribution in [1.82, 2.24) is 0 Å². The molecule has 3 atom stereocenters. The van der Waals surface area contributed by atoms with E-state index in [1.54, 1.807) is 0 Å². The van der Waals surface area contributed by atoms with Crippen LogP contribution in [0.2, 0.25) is 0 Å². The van der Waals surface area contributed by atoms with Crippen LogP contribution in [0.5, 0.6) is 0 Å². The van der Waals surface area contributed by atoms with E-state index in [-0.39, 0.29) is 17.4 Å². The highest BCUT2D eigenvalue weighted by molar-refractivity contribution is 7.10. The predicted octanol–water partition coefficient (Wildman–Crippen LogP) is 1.22. The fourth-order valence-corrected chi connectivity index (χ4v) is 2.68. The Morgan fingerprint density at radius 3 is 3.07 bits per heavy atom. The summed E-state index contributed by atoms with van der Waals surface area (Å²) in [5, 5.41) is 22.0. The van der Waals surface area contributed by atoms with Crippen LogP contribution < -0.4 is 0 Å². The first kappa shape index (κ1) is 10.5. The monoisotopic (exact) mass is 229 g/mol. The van der Waals surface area contributed by atoms with Crippen molar-refractivity contribution in [2.75, 3.05) is 6.61 Å². The molecule has 0 aliphatic carbocycles. The zero-order valence-electron chi connectivity index (χ0n) is 7.91. The third-order valence-corrected chi connectivity index (χ3v) is 3.56. The zero-order chi connectivity index (χ0) is 10.8. The minimum absolute atomic E-state index is 0.0171. The van der Waals surface area contributed by atoms with Gasteiger partial charge in [0, 0.05) is 16.2 Å². The molecule has 82 valence electrons. The number of hydrogen-bond donors (Lipinski definition) is 1. The number of ether oxygens (including phenoxy) is 1. The first-order valence-electron chi connectivity index (χ1n) is 4.65. The van der Waals surface area contributed by atoms with Gasteiger partial charge in [-0.1, -0.05) is 6.07 Å². The average Bonchev–Trinajstić information content (AvgIpc) is 2.69. The number of rotatable bonds is 2. The van der Waals surface area contributed by atoms with Crippen LogP contribution in [0, 0.1) is 10.1 Å². The fourth-order valence-electron chi connectivity index (χ4n) is 1.78. The molecule has 5 nitrogen and oxygen atoms in total. The van der Waals surface area contributed by atoms with Gasteiger partial charge in [0.2, 0.25) is 6.04 Å². The maximum absolute atomic E-state index is 10.8. The van der Waals surface area contributed by atoms with E-state index in [9.17, 15) is 15.2 Å². The fraction of sp³-hybridized carbons (Fsp3) is 0.556.